The van der Waals surface area contributed by atoms with Crippen molar-refractivity contribution in [2.45, 2.75) is 25.3 Å². The number of esters is 1. The Morgan fingerprint density at radius 1 is 1.20 bits per heavy atom. The number of benzene rings is 2. The molecule has 2 aromatic carbocycles. The maximum absolute atomic E-state index is 12.3. The van der Waals surface area contributed by atoms with Crippen LogP contribution in [0.2, 0.25) is 0 Å². The second-order valence-electron chi connectivity index (χ2n) is 6.74. The summed E-state index contributed by atoms with van der Waals surface area (Å²) in [5, 5.41) is 3.73. The molecule has 0 radical (unpaired) electrons. The first-order chi connectivity index (χ1) is 12.1. The van der Waals surface area contributed by atoms with Crippen molar-refractivity contribution in [3.8, 4) is 0 Å². The summed E-state index contributed by atoms with van der Waals surface area (Å²) in [5.74, 6) is 0.372. The van der Waals surface area contributed by atoms with Crippen LogP contribution in [0.25, 0.3) is 0 Å². The fraction of sp³-hybridized carbons (Fsp3) is 0.286. The van der Waals surface area contributed by atoms with Crippen LogP contribution in [0.3, 0.4) is 0 Å². The van der Waals surface area contributed by atoms with Gasteiger partial charge in [0.25, 0.3) is 0 Å². The molecule has 2 aromatic rings. The third-order valence-electron chi connectivity index (χ3n) is 5.36. The van der Waals surface area contributed by atoms with Crippen LogP contribution in [0.1, 0.15) is 45.4 Å². The third kappa shape index (κ3) is 2.69. The van der Waals surface area contributed by atoms with E-state index in [1.54, 1.807) is 0 Å². The fourth-order valence-corrected chi connectivity index (χ4v) is 4.41. The highest BCUT2D eigenvalue weighted by Gasteiger charge is 2.40. The zero-order valence-electron chi connectivity index (χ0n) is 14.3. The molecule has 0 amide bonds. The summed E-state index contributed by atoms with van der Waals surface area (Å²) >= 11 is 3.51. The number of anilines is 1. The monoisotopic (exact) mass is 397 g/mol. The van der Waals surface area contributed by atoms with Gasteiger partial charge in [-0.15, -0.1) is 0 Å². The molecule has 1 N–H and O–H groups in total. The number of hydrogen-bond donors (Lipinski definition) is 1. The summed E-state index contributed by atoms with van der Waals surface area (Å²) < 4.78 is 6.10. The molecule has 25 heavy (non-hydrogen) atoms. The van der Waals surface area contributed by atoms with E-state index < -0.39 is 0 Å². The van der Waals surface area contributed by atoms with Gasteiger partial charge in [0.2, 0.25) is 0 Å². The number of methoxy groups -OCH3 is 1. The molecule has 0 spiro atoms. The Labute approximate surface area is 156 Å². The number of allylic oxidation sites excluding steroid dienone is 2. The van der Waals surface area contributed by atoms with Gasteiger partial charge in [0.05, 0.1) is 18.7 Å². The average molecular weight is 398 g/mol. The van der Waals surface area contributed by atoms with Crippen molar-refractivity contribution in [2.24, 2.45) is 5.92 Å². The number of ether oxygens (including phenoxy) is 1. The highest BCUT2D eigenvalue weighted by Crippen LogP contribution is 2.51. The van der Waals surface area contributed by atoms with Gasteiger partial charge in [0.1, 0.15) is 0 Å². The maximum Gasteiger partial charge on any atom is 0.338 e. The number of nitrogens with one attached hydrogen (secondary N) is 1. The van der Waals surface area contributed by atoms with Crippen LogP contribution in [-0.2, 0) is 4.74 Å². The van der Waals surface area contributed by atoms with Gasteiger partial charge < -0.3 is 10.1 Å². The van der Waals surface area contributed by atoms with Gasteiger partial charge in [-0.25, -0.2) is 4.79 Å². The van der Waals surface area contributed by atoms with Crippen LogP contribution in [0.4, 0.5) is 5.69 Å². The van der Waals surface area contributed by atoms with Gasteiger partial charge in [-0.1, -0.05) is 46.3 Å². The largest absolute Gasteiger partial charge is 0.465 e. The summed E-state index contributed by atoms with van der Waals surface area (Å²) in [4.78, 5) is 12.3. The molecule has 0 bridgehead atoms. The predicted molar refractivity (Wildman–Crippen MR) is 103 cm³/mol. The topological polar surface area (TPSA) is 38.3 Å². The number of hydrogen-bond acceptors (Lipinski definition) is 3. The predicted octanol–water partition coefficient (Wildman–Crippen LogP) is 5.37. The number of carbonyl (C=O) groups excluding carboxylic acids is 1. The first-order valence-corrected chi connectivity index (χ1v) is 9.30. The van der Waals surface area contributed by atoms with Crippen LogP contribution < -0.4 is 5.32 Å². The molecule has 1 aliphatic carbocycles. The molecular weight excluding hydrogens is 378 g/mol. The first kappa shape index (κ1) is 16.4. The Bertz CT molecular complexity index is 857. The van der Waals surface area contributed by atoms with Crippen molar-refractivity contribution in [3.63, 3.8) is 0 Å². The smallest absolute Gasteiger partial charge is 0.338 e. The summed E-state index contributed by atoms with van der Waals surface area (Å²) in [6, 6.07) is 12.6. The quantitative estimate of drug-likeness (QED) is 0.546. The van der Waals surface area contributed by atoms with Crippen LogP contribution in [-0.4, -0.2) is 13.1 Å². The molecular formula is C21H20BrNO2. The minimum absolute atomic E-state index is 0.229. The highest BCUT2D eigenvalue weighted by atomic mass is 79.9. The number of halogens is 1. The Kier molecular flexibility index (Phi) is 4.16. The second kappa shape index (κ2) is 6.34. The van der Waals surface area contributed by atoms with Gasteiger partial charge in [-0.05, 0) is 54.2 Å². The zero-order chi connectivity index (χ0) is 17.6. The van der Waals surface area contributed by atoms with Crippen LogP contribution in [0.5, 0.6) is 0 Å². The van der Waals surface area contributed by atoms with Gasteiger partial charge in [-0.2, -0.15) is 0 Å². The van der Waals surface area contributed by atoms with Crippen molar-refractivity contribution in [1.29, 1.82) is 0 Å². The van der Waals surface area contributed by atoms with Crippen LogP contribution >= 0.6 is 15.9 Å². The van der Waals surface area contributed by atoms with E-state index in [1.807, 2.05) is 12.1 Å². The molecule has 4 heteroatoms. The number of aryl methyl sites for hydroxylation is 1. The lowest BCUT2D eigenvalue weighted by atomic mass is 9.75. The van der Waals surface area contributed by atoms with Gasteiger partial charge in [0.15, 0.2) is 0 Å². The molecule has 0 aromatic heterocycles. The van der Waals surface area contributed by atoms with E-state index in [1.165, 1.54) is 12.7 Å². The summed E-state index contributed by atoms with van der Waals surface area (Å²) in [6.45, 7) is 2.09. The fourth-order valence-electron chi connectivity index (χ4n) is 4.14. The Balaban J connectivity index is 1.85. The molecule has 4 rings (SSSR count). The molecule has 3 nitrogen and oxygen atoms in total. The van der Waals surface area contributed by atoms with E-state index in [0.29, 0.717) is 11.5 Å². The minimum atomic E-state index is -0.265. The number of fused-ring (bicyclic) bond motifs is 3. The zero-order valence-corrected chi connectivity index (χ0v) is 15.8. The average Bonchev–Trinajstić information content (AvgIpc) is 3.11. The van der Waals surface area contributed by atoms with E-state index in [4.69, 9.17) is 4.74 Å². The van der Waals surface area contributed by atoms with Crippen molar-refractivity contribution < 1.29 is 9.53 Å². The summed E-state index contributed by atoms with van der Waals surface area (Å²) in [5.41, 5.74) is 5.26. The van der Waals surface area contributed by atoms with Crippen LogP contribution in [0.15, 0.2) is 53.0 Å². The standard InChI is InChI=1S/C21H20BrNO2/c1-12-6-11-17(21(24)25-2)18-15-4-3-5-16(15)20(23-19(12)18)13-7-9-14(22)10-8-13/h3-4,6-11,15-16,20,23H,5H2,1-2H3/t15-,16-,20+/m0/s1. The molecule has 2 aliphatic rings. The van der Waals surface area contributed by atoms with E-state index >= 15 is 0 Å². The van der Waals surface area contributed by atoms with Gasteiger partial charge in [-0.3, -0.25) is 0 Å². The SMILES string of the molecule is COC(=O)c1ccc(C)c2c1[C@H]1C=CC[C@@H]1[C@@H](c1ccc(Br)cc1)N2. The minimum Gasteiger partial charge on any atom is -0.465 e. The molecule has 0 saturated carbocycles. The lowest BCUT2D eigenvalue weighted by Gasteiger charge is -2.39. The van der Waals surface area contributed by atoms with E-state index in [0.717, 1.165) is 27.7 Å². The molecule has 1 aliphatic heterocycles. The normalized spacial score (nSPS) is 23.6. The van der Waals surface area contributed by atoms with E-state index in [-0.39, 0.29) is 17.9 Å². The number of carbonyl (C=O) groups is 1. The molecule has 0 fully saturated rings. The Morgan fingerprint density at radius 3 is 2.68 bits per heavy atom. The van der Waals surface area contributed by atoms with Crippen molar-refractivity contribution in [3.05, 3.63) is 75.3 Å². The Morgan fingerprint density at radius 2 is 1.96 bits per heavy atom. The molecule has 0 unspecified atom stereocenters. The molecule has 0 saturated heterocycles. The Hall–Kier alpha value is -2.07. The van der Waals surface area contributed by atoms with Crippen molar-refractivity contribution >= 4 is 27.6 Å². The highest BCUT2D eigenvalue weighted by molar-refractivity contribution is 9.10. The number of rotatable bonds is 2. The van der Waals surface area contributed by atoms with E-state index in [9.17, 15) is 4.79 Å². The van der Waals surface area contributed by atoms with E-state index in [2.05, 4.69) is 64.6 Å². The molecule has 128 valence electrons. The van der Waals surface area contributed by atoms with Gasteiger partial charge >= 0.3 is 5.97 Å². The summed E-state index contributed by atoms with van der Waals surface area (Å²) in [6.07, 6.45) is 5.50. The molecule has 1 heterocycles. The lowest BCUT2D eigenvalue weighted by molar-refractivity contribution is 0.0598. The van der Waals surface area contributed by atoms with Crippen molar-refractivity contribution in [2.75, 3.05) is 12.4 Å². The van der Waals surface area contributed by atoms with Gasteiger partial charge in [0, 0.05) is 16.1 Å². The summed E-state index contributed by atoms with van der Waals surface area (Å²) in [7, 11) is 1.44. The lowest BCUT2D eigenvalue weighted by Crippen LogP contribution is -2.31. The van der Waals surface area contributed by atoms with Crippen molar-refractivity contribution in [1.82, 2.24) is 0 Å². The first-order valence-electron chi connectivity index (χ1n) is 8.50. The maximum atomic E-state index is 12.3. The molecule has 3 atom stereocenters. The second-order valence-corrected chi connectivity index (χ2v) is 7.65. The third-order valence-corrected chi connectivity index (χ3v) is 5.89. The van der Waals surface area contributed by atoms with Crippen LogP contribution in [0, 0.1) is 12.8 Å².